The molecule has 4 heteroatoms. The van der Waals surface area contributed by atoms with Crippen molar-refractivity contribution in [2.45, 2.75) is 19.1 Å². The number of aryl methyl sites for hydroxylation is 1. The molecule has 0 saturated heterocycles. The van der Waals surface area contributed by atoms with Crippen molar-refractivity contribution in [3.05, 3.63) is 29.6 Å². The predicted octanol–water partition coefficient (Wildman–Crippen LogP) is 0.00372. The summed E-state index contributed by atoms with van der Waals surface area (Å²) in [4.78, 5) is 3.92. The van der Waals surface area contributed by atoms with Gasteiger partial charge >= 0.3 is 0 Å². The lowest BCUT2D eigenvalue weighted by atomic mass is 10.0. The van der Waals surface area contributed by atoms with E-state index in [1.54, 1.807) is 19.4 Å². The summed E-state index contributed by atoms with van der Waals surface area (Å²) in [5.41, 5.74) is 1.61. The fraction of sp³-hybridized carbons (Fsp3) is 0.500. The van der Waals surface area contributed by atoms with Gasteiger partial charge in [-0.1, -0.05) is 0 Å². The van der Waals surface area contributed by atoms with Gasteiger partial charge in [-0.3, -0.25) is 4.98 Å². The zero-order chi connectivity index (χ0) is 10.6. The molecule has 1 aromatic rings. The highest BCUT2D eigenvalue weighted by Gasteiger charge is 2.18. The maximum atomic E-state index is 9.77. The van der Waals surface area contributed by atoms with Crippen molar-refractivity contribution in [1.29, 1.82) is 0 Å². The molecule has 0 amide bonds. The fourth-order valence-electron chi connectivity index (χ4n) is 1.31. The summed E-state index contributed by atoms with van der Waals surface area (Å²) < 4.78 is 0. The highest BCUT2D eigenvalue weighted by Crippen LogP contribution is 2.18. The average molecular weight is 196 g/mol. The van der Waals surface area contributed by atoms with Crippen LogP contribution in [0.2, 0.25) is 0 Å². The van der Waals surface area contributed by atoms with Gasteiger partial charge in [-0.05, 0) is 25.6 Å². The molecule has 3 N–H and O–H groups in total. The molecule has 1 rings (SSSR count). The van der Waals surface area contributed by atoms with Crippen molar-refractivity contribution in [3.63, 3.8) is 0 Å². The summed E-state index contributed by atoms with van der Waals surface area (Å²) in [7, 11) is 1.73. The van der Waals surface area contributed by atoms with Crippen molar-refractivity contribution < 1.29 is 10.2 Å². The van der Waals surface area contributed by atoms with Crippen LogP contribution in [0.3, 0.4) is 0 Å². The van der Waals surface area contributed by atoms with Crippen LogP contribution in [-0.2, 0) is 0 Å². The topological polar surface area (TPSA) is 65.4 Å². The number of rotatable bonds is 4. The van der Waals surface area contributed by atoms with E-state index in [-0.39, 0.29) is 0 Å². The zero-order valence-electron chi connectivity index (χ0n) is 8.44. The first-order valence-electron chi connectivity index (χ1n) is 4.58. The van der Waals surface area contributed by atoms with Gasteiger partial charge in [0.15, 0.2) is 0 Å². The molecule has 14 heavy (non-hydrogen) atoms. The van der Waals surface area contributed by atoms with Crippen LogP contribution in [0.15, 0.2) is 18.5 Å². The number of aliphatic hydroxyl groups excluding tert-OH is 2. The Kier molecular flexibility index (Phi) is 4.00. The molecule has 0 aliphatic rings. The van der Waals surface area contributed by atoms with Gasteiger partial charge in [-0.15, -0.1) is 0 Å². The van der Waals surface area contributed by atoms with Gasteiger partial charge in [0.05, 0.1) is 6.10 Å². The van der Waals surface area contributed by atoms with E-state index in [0.29, 0.717) is 12.1 Å². The van der Waals surface area contributed by atoms with E-state index in [1.165, 1.54) is 0 Å². The summed E-state index contributed by atoms with van der Waals surface area (Å²) in [5.74, 6) is 0. The number of aliphatic hydroxyl groups is 2. The van der Waals surface area contributed by atoms with Crippen molar-refractivity contribution in [2.75, 3.05) is 13.6 Å². The monoisotopic (exact) mass is 196 g/mol. The van der Waals surface area contributed by atoms with E-state index in [9.17, 15) is 10.2 Å². The van der Waals surface area contributed by atoms with Crippen LogP contribution in [0.5, 0.6) is 0 Å². The Bertz CT molecular complexity index is 291. The second-order valence-corrected chi connectivity index (χ2v) is 3.30. The Labute approximate surface area is 83.6 Å². The van der Waals surface area contributed by atoms with Crippen LogP contribution in [-0.4, -0.2) is 34.9 Å². The summed E-state index contributed by atoms with van der Waals surface area (Å²) in [6.07, 6.45) is 1.56. The summed E-state index contributed by atoms with van der Waals surface area (Å²) in [6.45, 7) is 2.24. The smallest absolute Gasteiger partial charge is 0.108 e. The number of hydrogen-bond acceptors (Lipinski definition) is 4. The molecule has 0 saturated carbocycles. The lowest BCUT2D eigenvalue weighted by Gasteiger charge is -2.18. The Morgan fingerprint density at radius 1 is 1.50 bits per heavy atom. The Balaban J connectivity index is 2.78. The number of hydrogen-bond donors (Lipinski definition) is 3. The maximum absolute atomic E-state index is 9.77. The minimum absolute atomic E-state index is 0.357. The molecular weight excluding hydrogens is 180 g/mol. The van der Waals surface area contributed by atoms with Crippen molar-refractivity contribution >= 4 is 0 Å². The van der Waals surface area contributed by atoms with Crippen LogP contribution >= 0.6 is 0 Å². The molecule has 0 aliphatic carbocycles. The molecule has 2 atom stereocenters. The van der Waals surface area contributed by atoms with Gasteiger partial charge in [-0.25, -0.2) is 0 Å². The molecule has 0 bridgehead atoms. The van der Waals surface area contributed by atoms with E-state index in [0.717, 1.165) is 5.56 Å². The van der Waals surface area contributed by atoms with Crippen molar-refractivity contribution in [2.24, 2.45) is 0 Å². The lowest BCUT2D eigenvalue weighted by molar-refractivity contribution is 0.0197. The van der Waals surface area contributed by atoms with Crippen LogP contribution in [0.4, 0.5) is 0 Å². The molecule has 4 nitrogen and oxygen atoms in total. The zero-order valence-corrected chi connectivity index (χ0v) is 8.44. The molecule has 0 aromatic carbocycles. The summed E-state index contributed by atoms with van der Waals surface area (Å²) >= 11 is 0. The Morgan fingerprint density at radius 3 is 2.79 bits per heavy atom. The van der Waals surface area contributed by atoms with E-state index >= 15 is 0 Å². The molecule has 0 radical (unpaired) electrons. The minimum atomic E-state index is -0.879. The van der Waals surface area contributed by atoms with Crippen molar-refractivity contribution in [3.8, 4) is 0 Å². The highest BCUT2D eigenvalue weighted by atomic mass is 16.3. The number of pyridine rings is 1. The highest BCUT2D eigenvalue weighted by molar-refractivity contribution is 5.24. The van der Waals surface area contributed by atoms with Gasteiger partial charge in [0.2, 0.25) is 0 Å². The van der Waals surface area contributed by atoms with E-state index in [2.05, 4.69) is 10.3 Å². The molecule has 0 aliphatic heterocycles. The molecule has 78 valence electrons. The minimum Gasteiger partial charge on any atom is -0.389 e. The number of nitrogens with one attached hydrogen (secondary N) is 1. The Hall–Kier alpha value is -0.970. The van der Waals surface area contributed by atoms with Crippen LogP contribution in [0.25, 0.3) is 0 Å². The van der Waals surface area contributed by atoms with Crippen molar-refractivity contribution in [1.82, 2.24) is 10.3 Å². The van der Waals surface area contributed by atoms with Gasteiger partial charge in [0.1, 0.15) is 6.10 Å². The number of aromatic nitrogens is 1. The molecule has 1 aromatic heterocycles. The SMILES string of the molecule is CNCC(O)C(O)c1cnccc1C. The summed E-state index contributed by atoms with van der Waals surface area (Å²) in [6, 6.07) is 1.81. The predicted molar refractivity (Wildman–Crippen MR) is 53.9 cm³/mol. The quantitative estimate of drug-likeness (QED) is 0.634. The average Bonchev–Trinajstić information content (AvgIpc) is 2.18. The Morgan fingerprint density at radius 2 is 2.21 bits per heavy atom. The van der Waals surface area contributed by atoms with E-state index < -0.39 is 12.2 Å². The van der Waals surface area contributed by atoms with Gasteiger partial charge in [-0.2, -0.15) is 0 Å². The normalized spacial score (nSPS) is 15.1. The first-order chi connectivity index (χ1) is 6.66. The fourth-order valence-corrected chi connectivity index (χ4v) is 1.31. The lowest BCUT2D eigenvalue weighted by Crippen LogP contribution is -2.30. The van der Waals surface area contributed by atoms with Gasteiger partial charge in [0.25, 0.3) is 0 Å². The van der Waals surface area contributed by atoms with E-state index in [4.69, 9.17) is 0 Å². The second-order valence-electron chi connectivity index (χ2n) is 3.30. The largest absolute Gasteiger partial charge is 0.389 e. The third-order valence-electron chi connectivity index (χ3n) is 2.18. The number of likely N-dealkylation sites (N-methyl/N-ethyl adjacent to an activating group) is 1. The first kappa shape index (κ1) is 11.1. The maximum Gasteiger partial charge on any atom is 0.108 e. The molecule has 0 spiro atoms. The molecular formula is C10H16N2O2. The van der Waals surface area contributed by atoms with Gasteiger partial charge in [0, 0.05) is 24.5 Å². The van der Waals surface area contributed by atoms with Crippen LogP contribution in [0.1, 0.15) is 17.2 Å². The van der Waals surface area contributed by atoms with Crippen LogP contribution in [0, 0.1) is 6.92 Å². The molecule has 2 unspecified atom stereocenters. The van der Waals surface area contributed by atoms with Gasteiger partial charge < -0.3 is 15.5 Å². The summed E-state index contributed by atoms with van der Waals surface area (Å²) in [5, 5.41) is 22.1. The number of nitrogens with zero attached hydrogens (tertiary/aromatic N) is 1. The van der Waals surface area contributed by atoms with E-state index in [1.807, 2.05) is 13.0 Å². The third kappa shape index (κ3) is 2.51. The second kappa shape index (κ2) is 5.05. The molecule has 1 heterocycles. The van der Waals surface area contributed by atoms with Crippen LogP contribution < -0.4 is 5.32 Å². The standard InChI is InChI=1S/C10H16N2O2/c1-7-3-4-12-5-8(7)10(14)9(13)6-11-2/h3-5,9-11,13-14H,6H2,1-2H3. The molecule has 0 fully saturated rings. The first-order valence-corrected chi connectivity index (χ1v) is 4.58. The third-order valence-corrected chi connectivity index (χ3v) is 2.18.